The first-order chi connectivity index (χ1) is 13.2. The van der Waals surface area contributed by atoms with Crippen LogP contribution in [-0.2, 0) is 16.1 Å². The predicted molar refractivity (Wildman–Crippen MR) is 104 cm³/mol. The lowest BCUT2D eigenvalue weighted by molar-refractivity contribution is -0.137. The van der Waals surface area contributed by atoms with E-state index < -0.39 is 6.10 Å². The lowest BCUT2D eigenvalue weighted by Crippen LogP contribution is -2.51. The second-order valence-corrected chi connectivity index (χ2v) is 7.62. The Morgan fingerprint density at radius 1 is 1.15 bits per heavy atom. The fourth-order valence-electron chi connectivity index (χ4n) is 3.97. The molecule has 6 nitrogen and oxygen atoms in total. The number of carbonyl (C=O) groups excluding carboxylic acids is 1. The predicted octanol–water partition coefficient (Wildman–Crippen LogP) is 1.91. The molecule has 1 saturated heterocycles. The van der Waals surface area contributed by atoms with E-state index in [2.05, 4.69) is 4.90 Å². The van der Waals surface area contributed by atoms with Gasteiger partial charge in [-0.3, -0.25) is 9.69 Å². The highest BCUT2D eigenvalue weighted by Gasteiger charge is 2.29. The molecule has 0 spiro atoms. The van der Waals surface area contributed by atoms with Gasteiger partial charge in [-0.1, -0.05) is 25.0 Å². The Kier molecular flexibility index (Phi) is 7.50. The summed E-state index contributed by atoms with van der Waals surface area (Å²) in [6, 6.07) is 7.74. The van der Waals surface area contributed by atoms with E-state index in [-0.39, 0.29) is 5.92 Å². The molecule has 6 heteroatoms. The number of aliphatic hydroxyl groups is 1. The monoisotopic (exact) mass is 376 g/mol. The summed E-state index contributed by atoms with van der Waals surface area (Å²) in [5, 5.41) is 10.2. The minimum atomic E-state index is -0.514. The Bertz CT molecular complexity index is 578. The Balaban J connectivity index is 1.31. The number of benzene rings is 1. The number of carbonyl (C=O) groups is 1. The third-order valence-corrected chi connectivity index (χ3v) is 5.60. The van der Waals surface area contributed by atoms with Gasteiger partial charge in [-0.25, -0.2) is 0 Å². The topological polar surface area (TPSA) is 62.2 Å². The van der Waals surface area contributed by atoms with Crippen molar-refractivity contribution >= 4 is 5.91 Å². The van der Waals surface area contributed by atoms with E-state index in [1.54, 1.807) is 7.11 Å². The molecule has 0 radical (unpaired) electrons. The highest BCUT2D eigenvalue weighted by Crippen LogP contribution is 2.26. The number of ether oxygens (including phenoxy) is 2. The maximum atomic E-state index is 12.5. The molecule has 2 fully saturated rings. The van der Waals surface area contributed by atoms with Crippen LogP contribution in [0.4, 0.5) is 0 Å². The molecule has 27 heavy (non-hydrogen) atoms. The molecule has 1 amide bonds. The van der Waals surface area contributed by atoms with E-state index in [1.165, 1.54) is 12.8 Å². The van der Waals surface area contributed by atoms with Crippen molar-refractivity contribution in [3.63, 3.8) is 0 Å². The highest BCUT2D eigenvalue weighted by molar-refractivity contribution is 5.79. The second kappa shape index (κ2) is 10.1. The molecule has 1 aliphatic heterocycles. The van der Waals surface area contributed by atoms with Crippen molar-refractivity contribution in [3.8, 4) is 5.75 Å². The standard InChI is InChI=1S/C21H32N2O4/c1-26-20-8-6-17(7-9-20)15-27-16-19(24)14-22-10-12-23(13-11-22)21(25)18-4-2-3-5-18/h6-9,18-19,24H,2-5,10-16H2,1H3. The number of methoxy groups -OCH3 is 1. The lowest BCUT2D eigenvalue weighted by Gasteiger charge is -2.36. The van der Waals surface area contributed by atoms with Crippen LogP contribution in [0.3, 0.4) is 0 Å². The summed E-state index contributed by atoms with van der Waals surface area (Å²) in [4.78, 5) is 16.7. The Morgan fingerprint density at radius 2 is 1.81 bits per heavy atom. The summed E-state index contributed by atoms with van der Waals surface area (Å²) in [5.41, 5.74) is 1.06. The summed E-state index contributed by atoms with van der Waals surface area (Å²) in [6.07, 6.45) is 3.99. The summed E-state index contributed by atoms with van der Waals surface area (Å²) < 4.78 is 10.8. The van der Waals surface area contributed by atoms with Crippen molar-refractivity contribution in [2.24, 2.45) is 5.92 Å². The number of hydrogen-bond donors (Lipinski definition) is 1. The molecule has 0 bridgehead atoms. The molecule has 1 atom stereocenters. The minimum absolute atomic E-state index is 0.258. The van der Waals surface area contributed by atoms with Gasteiger partial charge in [0.1, 0.15) is 5.75 Å². The minimum Gasteiger partial charge on any atom is -0.497 e. The molecular formula is C21H32N2O4. The van der Waals surface area contributed by atoms with Gasteiger partial charge in [0.25, 0.3) is 0 Å². The summed E-state index contributed by atoms with van der Waals surface area (Å²) in [7, 11) is 1.65. The number of amides is 1. The summed E-state index contributed by atoms with van der Waals surface area (Å²) in [6.45, 7) is 4.58. The molecule has 1 heterocycles. The van der Waals surface area contributed by atoms with Crippen molar-refractivity contribution in [1.82, 2.24) is 9.80 Å². The molecular weight excluding hydrogens is 344 g/mol. The average Bonchev–Trinajstić information content (AvgIpc) is 3.23. The molecule has 1 aromatic rings. The van der Waals surface area contributed by atoms with Gasteiger partial charge < -0.3 is 19.5 Å². The Morgan fingerprint density at radius 3 is 2.44 bits per heavy atom. The molecule has 1 N–H and O–H groups in total. The van der Waals surface area contributed by atoms with Gasteiger partial charge in [0.2, 0.25) is 5.91 Å². The van der Waals surface area contributed by atoms with E-state index >= 15 is 0 Å². The normalized spacial score (nSPS) is 20.0. The van der Waals surface area contributed by atoms with E-state index in [9.17, 15) is 9.90 Å². The molecule has 1 aromatic carbocycles. The molecule has 0 aromatic heterocycles. The molecule has 2 aliphatic rings. The van der Waals surface area contributed by atoms with Gasteiger partial charge in [-0.2, -0.15) is 0 Å². The second-order valence-electron chi connectivity index (χ2n) is 7.62. The zero-order chi connectivity index (χ0) is 19.1. The SMILES string of the molecule is COc1ccc(COCC(O)CN2CCN(C(=O)C3CCCC3)CC2)cc1. The zero-order valence-corrected chi connectivity index (χ0v) is 16.3. The van der Waals surface area contributed by atoms with Gasteiger partial charge in [0.15, 0.2) is 0 Å². The fraction of sp³-hybridized carbons (Fsp3) is 0.667. The summed E-state index contributed by atoms with van der Waals surface area (Å²) in [5.74, 6) is 1.42. The third kappa shape index (κ3) is 5.92. The number of rotatable bonds is 8. The van der Waals surface area contributed by atoms with Crippen LogP contribution in [0, 0.1) is 5.92 Å². The van der Waals surface area contributed by atoms with Gasteiger partial charge >= 0.3 is 0 Å². The third-order valence-electron chi connectivity index (χ3n) is 5.60. The van der Waals surface area contributed by atoms with Gasteiger partial charge in [-0.15, -0.1) is 0 Å². The van der Waals surface area contributed by atoms with Crippen LogP contribution in [0.15, 0.2) is 24.3 Å². The van der Waals surface area contributed by atoms with E-state index in [1.807, 2.05) is 29.2 Å². The van der Waals surface area contributed by atoms with Crippen molar-refractivity contribution in [1.29, 1.82) is 0 Å². The van der Waals surface area contributed by atoms with E-state index in [0.29, 0.717) is 25.7 Å². The van der Waals surface area contributed by atoms with Crippen LogP contribution in [0.5, 0.6) is 5.75 Å². The van der Waals surface area contributed by atoms with Crippen LogP contribution in [0.1, 0.15) is 31.2 Å². The molecule has 1 aliphatic carbocycles. The van der Waals surface area contributed by atoms with Crippen LogP contribution >= 0.6 is 0 Å². The maximum Gasteiger partial charge on any atom is 0.225 e. The molecule has 3 rings (SSSR count). The Labute approximate surface area is 162 Å². The number of β-amino-alcohol motifs (C(OH)–C–C–N with tert-alkyl or cyclic N) is 1. The quantitative estimate of drug-likeness (QED) is 0.751. The van der Waals surface area contributed by atoms with Crippen LogP contribution in [-0.4, -0.2) is 73.4 Å². The van der Waals surface area contributed by atoms with Crippen LogP contribution in [0.2, 0.25) is 0 Å². The smallest absolute Gasteiger partial charge is 0.225 e. The molecule has 1 saturated carbocycles. The number of hydrogen-bond acceptors (Lipinski definition) is 5. The lowest BCUT2D eigenvalue weighted by atomic mass is 10.1. The van der Waals surface area contributed by atoms with Crippen molar-refractivity contribution in [3.05, 3.63) is 29.8 Å². The first-order valence-corrected chi connectivity index (χ1v) is 10.1. The van der Waals surface area contributed by atoms with E-state index in [0.717, 1.165) is 50.3 Å². The first-order valence-electron chi connectivity index (χ1n) is 10.1. The fourth-order valence-corrected chi connectivity index (χ4v) is 3.97. The number of nitrogens with zero attached hydrogens (tertiary/aromatic N) is 2. The van der Waals surface area contributed by atoms with Crippen molar-refractivity contribution in [2.45, 2.75) is 38.4 Å². The van der Waals surface area contributed by atoms with Crippen LogP contribution < -0.4 is 4.74 Å². The number of aliphatic hydroxyl groups excluding tert-OH is 1. The van der Waals surface area contributed by atoms with Crippen LogP contribution in [0.25, 0.3) is 0 Å². The zero-order valence-electron chi connectivity index (χ0n) is 16.3. The highest BCUT2D eigenvalue weighted by atomic mass is 16.5. The average molecular weight is 376 g/mol. The first kappa shape index (κ1) is 20.1. The summed E-state index contributed by atoms with van der Waals surface area (Å²) >= 11 is 0. The molecule has 150 valence electrons. The number of piperazine rings is 1. The van der Waals surface area contributed by atoms with Gasteiger partial charge in [0, 0.05) is 38.6 Å². The maximum absolute atomic E-state index is 12.5. The van der Waals surface area contributed by atoms with E-state index in [4.69, 9.17) is 9.47 Å². The van der Waals surface area contributed by atoms with Gasteiger partial charge in [-0.05, 0) is 30.5 Å². The largest absolute Gasteiger partial charge is 0.497 e. The Hall–Kier alpha value is -1.63. The van der Waals surface area contributed by atoms with Crippen molar-refractivity contribution < 1.29 is 19.4 Å². The van der Waals surface area contributed by atoms with Gasteiger partial charge in [0.05, 0.1) is 26.4 Å². The van der Waals surface area contributed by atoms with Crippen molar-refractivity contribution in [2.75, 3.05) is 46.4 Å². The molecule has 1 unspecified atom stereocenters.